The molecular weight excluding hydrogens is 288 g/mol. The molecule has 0 aliphatic rings. The Bertz CT molecular complexity index is 718. The summed E-state index contributed by atoms with van der Waals surface area (Å²) in [5.74, 6) is -0.0955. The highest BCUT2D eigenvalue weighted by molar-refractivity contribution is 5.91. The quantitative estimate of drug-likeness (QED) is 0.631. The van der Waals surface area contributed by atoms with Gasteiger partial charge in [-0.1, -0.05) is 36.4 Å². The van der Waals surface area contributed by atoms with E-state index in [0.29, 0.717) is 13.1 Å². The summed E-state index contributed by atoms with van der Waals surface area (Å²) in [4.78, 5) is 23.4. The Labute approximate surface area is 136 Å². The summed E-state index contributed by atoms with van der Waals surface area (Å²) in [7, 11) is 0. The van der Waals surface area contributed by atoms with E-state index in [4.69, 9.17) is 0 Å². The molecule has 0 bridgehead atoms. The zero-order chi connectivity index (χ0) is 16.5. The van der Waals surface area contributed by atoms with Gasteiger partial charge in [0.05, 0.1) is 0 Å². The van der Waals surface area contributed by atoms with Gasteiger partial charge in [-0.15, -0.1) is 0 Å². The van der Waals surface area contributed by atoms with Gasteiger partial charge in [0.15, 0.2) is 0 Å². The monoisotopic (exact) mass is 310 g/mol. The topological polar surface area (TPSA) is 51.1 Å². The van der Waals surface area contributed by atoms with Crippen LogP contribution in [0.4, 0.5) is 0 Å². The maximum Gasteiger partial charge on any atom is 0.250 e. The number of pyridine rings is 1. The largest absolute Gasteiger partial charge is 0.353 e. The molecule has 0 saturated heterocycles. The van der Waals surface area contributed by atoms with Crippen molar-refractivity contribution in [2.45, 2.75) is 26.3 Å². The fourth-order valence-corrected chi connectivity index (χ4v) is 2.31. The van der Waals surface area contributed by atoms with E-state index < -0.39 is 0 Å². The minimum absolute atomic E-state index is 0.0276. The van der Waals surface area contributed by atoms with Crippen molar-refractivity contribution >= 4 is 12.0 Å². The van der Waals surface area contributed by atoms with Crippen LogP contribution in [0, 0.1) is 6.92 Å². The van der Waals surface area contributed by atoms with Crippen molar-refractivity contribution in [1.29, 1.82) is 0 Å². The number of hydrogen-bond acceptors (Lipinski definition) is 2. The molecule has 1 amide bonds. The van der Waals surface area contributed by atoms with Gasteiger partial charge in [-0.3, -0.25) is 9.59 Å². The van der Waals surface area contributed by atoms with Gasteiger partial charge in [0.25, 0.3) is 5.56 Å². The van der Waals surface area contributed by atoms with Gasteiger partial charge in [-0.2, -0.15) is 0 Å². The first-order chi connectivity index (χ1) is 11.2. The fraction of sp³-hybridized carbons (Fsp3) is 0.263. The first kappa shape index (κ1) is 16.7. The SMILES string of the molecule is Cc1cccc(=O)n1CCCCNC(=O)/C=C/c1ccccc1. The molecule has 0 fully saturated rings. The lowest BCUT2D eigenvalue weighted by molar-refractivity contribution is -0.116. The van der Waals surface area contributed by atoms with Crippen LogP contribution in [0.2, 0.25) is 0 Å². The van der Waals surface area contributed by atoms with E-state index in [1.54, 1.807) is 28.9 Å². The summed E-state index contributed by atoms with van der Waals surface area (Å²) >= 11 is 0. The molecule has 1 aromatic carbocycles. The molecule has 0 saturated carbocycles. The predicted molar refractivity (Wildman–Crippen MR) is 93.2 cm³/mol. The first-order valence-corrected chi connectivity index (χ1v) is 7.84. The number of hydrogen-bond donors (Lipinski definition) is 1. The number of carbonyl (C=O) groups excluding carboxylic acids is 1. The molecule has 120 valence electrons. The van der Waals surface area contributed by atoms with Crippen molar-refractivity contribution < 1.29 is 4.79 Å². The van der Waals surface area contributed by atoms with Crippen LogP contribution in [0.3, 0.4) is 0 Å². The highest BCUT2D eigenvalue weighted by Crippen LogP contribution is 2.01. The number of carbonyl (C=O) groups is 1. The molecule has 0 radical (unpaired) electrons. The van der Waals surface area contributed by atoms with E-state index in [-0.39, 0.29) is 11.5 Å². The molecule has 1 heterocycles. The molecule has 0 aliphatic carbocycles. The standard InChI is InChI=1S/C19H22N2O2/c1-16-8-7-11-19(23)21(16)15-6-5-14-20-18(22)13-12-17-9-3-2-4-10-17/h2-4,7-13H,5-6,14-15H2,1H3,(H,20,22)/b13-12+. The molecule has 1 N–H and O–H groups in total. The van der Waals surface area contributed by atoms with Gasteiger partial charge < -0.3 is 9.88 Å². The second kappa shape index (κ2) is 8.73. The van der Waals surface area contributed by atoms with Crippen molar-refractivity contribution in [3.05, 3.63) is 76.2 Å². The highest BCUT2D eigenvalue weighted by atomic mass is 16.1. The number of benzene rings is 1. The van der Waals surface area contributed by atoms with Crippen LogP contribution in [0.1, 0.15) is 24.1 Å². The molecule has 0 aliphatic heterocycles. The Morgan fingerprint density at radius 1 is 1.09 bits per heavy atom. The van der Waals surface area contributed by atoms with Gasteiger partial charge in [0, 0.05) is 30.9 Å². The summed E-state index contributed by atoms with van der Waals surface area (Å²) in [5.41, 5.74) is 1.99. The van der Waals surface area contributed by atoms with Gasteiger partial charge in [-0.05, 0) is 37.5 Å². The minimum atomic E-state index is -0.0955. The first-order valence-electron chi connectivity index (χ1n) is 7.84. The van der Waals surface area contributed by atoms with Gasteiger partial charge in [0.1, 0.15) is 0 Å². The number of aromatic nitrogens is 1. The number of unbranched alkanes of at least 4 members (excludes halogenated alkanes) is 1. The van der Waals surface area contributed by atoms with E-state index in [9.17, 15) is 9.59 Å². The molecule has 2 aromatic rings. The number of nitrogens with zero attached hydrogens (tertiary/aromatic N) is 1. The number of aryl methyl sites for hydroxylation is 1. The Morgan fingerprint density at radius 2 is 1.87 bits per heavy atom. The van der Waals surface area contributed by atoms with Crippen LogP contribution in [-0.4, -0.2) is 17.0 Å². The zero-order valence-corrected chi connectivity index (χ0v) is 13.4. The molecule has 2 rings (SSSR count). The fourth-order valence-electron chi connectivity index (χ4n) is 2.31. The molecule has 0 atom stereocenters. The summed E-state index contributed by atoms with van der Waals surface area (Å²) in [6.07, 6.45) is 5.03. The lowest BCUT2D eigenvalue weighted by Crippen LogP contribution is -2.24. The number of amides is 1. The average molecular weight is 310 g/mol. The number of rotatable bonds is 7. The third-order valence-electron chi connectivity index (χ3n) is 3.60. The zero-order valence-electron chi connectivity index (χ0n) is 13.4. The van der Waals surface area contributed by atoms with Crippen LogP contribution in [0.15, 0.2) is 59.4 Å². The second-order valence-electron chi connectivity index (χ2n) is 5.40. The van der Waals surface area contributed by atoms with Crippen LogP contribution < -0.4 is 10.9 Å². The number of nitrogens with one attached hydrogen (secondary N) is 1. The van der Waals surface area contributed by atoms with Crippen molar-refractivity contribution in [3.63, 3.8) is 0 Å². The molecule has 0 unspecified atom stereocenters. The van der Waals surface area contributed by atoms with Crippen LogP contribution in [-0.2, 0) is 11.3 Å². The van der Waals surface area contributed by atoms with Crippen LogP contribution in [0.25, 0.3) is 6.08 Å². The van der Waals surface area contributed by atoms with E-state index in [1.165, 1.54) is 0 Å². The normalized spacial score (nSPS) is 10.8. The van der Waals surface area contributed by atoms with Crippen molar-refractivity contribution in [1.82, 2.24) is 9.88 Å². The molecule has 4 nitrogen and oxygen atoms in total. The maximum absolute atomic E-state index is 11.7. The summed E-state index contributed by atoms with van der Waals surface area (Å²) in [6.45, 7) is 3.22. The second-order valence-corrected chi connectivity index (χ2v) is 5.40. The van der Waals surface area contributed by atoms with E-state index in [1.807, 2.05) is 43.3 Å². The van der Waals surface area contributed by atoms with E-state index in [0.717, 1.165) is 24.1 Å². The molecule has 0 spiro atoms. The van der Waals surface area contributed by atoms with Gasteiger partial charge >= 0.3 is 0 Å². The summed E-state index contributed by atoms with van der Waals surface area (Å²) in [5, 5.41) is 2.86. The predicted octanol–water partition coefficient (Wildman–Crippen LogP) is 2.77. The van der Waals surface area contributed by atoms with Gasteiger partial charge in [0.2, 0.25) is 5.91 Å². The summed E-state index contributed by atoms with van der Waals surface area (Å²) < 4.78 is 1.76. The van der Waals surface area contributed by atoms with Gasteiger partial charge in [-0.25, -0.2) is 0 Å². The van der Waals surface area contributed by atoms with Crippen LogP contribution in [0.5, 0.6) is 0 Å². The van der Waals surface area contributed by atoms with E-state index >= 15 is 0 Å². The minimum Gasteiger partial charge on any atom is -0.353 e. The summed E-state index contributed by atoms with van der Waals surface area (Å²) in [6, 6.07) is 15.0. The Kier molecular flexibility index (Phi) is 6.36. The third-order valence-corrected chi connectivity index (χ3v) is 3.60. The highest BCUT2D eigenvalue weighted by Gasteiger charge is 1.99. The van der Waals surface area contributed by atoms with Crippen molar-refractivity contribution in [2.75, 3.05) is 6.54 Å². The maximum atomic E-state index is 11.7. The Hall–Kier alpha value is -2.62. The van der Waals surface area contributed by atoms with E-state index in [2.05, 4.69) is 5.32 Å². The lowest BCUT2D eigenvalue weighted by atomic mass is 10.2. The Balaban J connectivity index is 1.68. The smallest absolute Gasteiger partial charge is 0.250 e. The van der Waals surface area contributed by atoms with Crippen LogP contribution >= 0.6 is 0 Å². The molecule has 4 heteroatoms. The molecule has 1 aromatic heterocycles. The van der Waals surface area contributed by atoms with Crippen molar-refractivity contribution in [3.8, 4) is 0 Å². The lowest BCUT2D eigenvalue weighted by Gasteiger charge is -2.09. The molecule has 23 heavy (non-hydrogen) atoms. The Morgan fingerprint density at radius 3 is 2.61 bits per heavy atom. The van der Waals surface area contributed by atoms with Crippen molar-refractivity contribution in [2.24, 2.45) is 0 Å². The molecular formula is C19H22N2O2. The third kappa shape index (κ3) is 5.58. The average Bonchev–Trinajstić information content (AvgIpc) is 2.56.